The molecule has 1 spiro atoms. The Kier molecular flexibility index (Phi) is 3.81. The molecule has 4 atom stereocenters. The number of nitrogens with one attached hydrogen (secondary N) is 1. The maximum atomic E-state index is 12.7. The van der Waals surface area contributed by atoms with Crippen LogP contribution in [0.15, 0.2) is 24.5 Å². The summed E-state index contributed by atoms with van der Waals surface area (Å²) in [5.74, 6) is 0.296. The lowest BCUT2D eigenvalue weighted by Crippen LogP contribution is -2.64. The Morgan fingerprint density at radius 1 is 1.44 bits per heavy atom. The van der Waals surface area contributed by atoms with Gasteiger partial charge in [0.1, 0.15) is 5.69 Å². The Balaban J connectivity index is 1.51. The van der Waals surface area contributed by atoms with Crippen molar-refractivity contribution in [2.24, 2.45) is 11.3 Å². The van der Waals surface area contributed by atoms with Gasteiger partial charge in [0.05, 0.1) is 18.3 Å². The maximum absolute atomic E-state index is 12.7. The summed E-state index contributed by atoms with van der Waals surface area (Å²) < 4.78 is 1.53. The minimum Gasteiger partial charge on any atom is -0.391 e. The molecule has 1 saturated carbocycles. The van der Waals surface area contributed by atoms with E-state index in [1.807, 2.05) is 0 Å². The SMILES string of the molecule is CC(C)C1N(C)CC12C[C@@H](O)[C@H](NC(=O)c1cnc3cccnn13)C2. The molecule has 1 saturated heterocycles. The molecule has 0 bridgehead atoms. The van der Waals surface area contributed by atoms with E-state index in [0.29, 0.717) is 23.3 Å². The van der Waals surface area contributed by atoms with Crippen molar-refractivity contribution >= 4 is 11.6 Å². The quantitative estimate of drug-likeness (QED) is 0.867. The third-order valence-corrected chi connectivity index (χ3v) is 5.83. The van der Waals surface area contributed by atoms with E-state index in [1.54, 1.807) is 18.3 Å². The molecule has 2 aromatic heterocycles. The number of fused-ring (bicyclic) bond motifs is 1. The Morgan fingerprint density at radius 2 is 2.24 bits per heavy atom. The van der Waals surface area contributed by atoms with Gasteiger partial charge in [-0.1, -0.05) is 13.8 Å². The van der Waals surface area contributed by atoms with Crippen LogP contribution in [0.1, 0.15) is 37.2 Å². The van der Waals surface area contributed by atoms with E-state index in [2.05, 4.69) is 41.2 Å². The maximum Gasteiger partial charge on any atom is 0.271 e. The van der Waals surface area contributed by atoms with Crippen molar-refractivity contribution in [2.75, 3.05) is 13.6 Å². The Labute approximate surface area is 147 Å². The number of aliphatic hydroxyl groups excluding tert-OH is 1. The highest BCUT2D eigenvalue weighted by atomic mass is 16.3. The lowest BCUT2D eigenvalue weighted by atomic mass is 9.66. The zero-order chi connectivity index (χ0) is 17.8. The second-order valence-corrected chi connectivity index (χ2v) is 7.96. The number of nitrogens with zero attached hydrogens (tertiary/aromatic N) is 4. The van der Waals surface area contributed by atoms with Crippen LogP contribution in [0.4, 0.5) is 0 Å². The molecule has 4 rings (SSSR count). The van der Waals surface area contributed by atoms with E-state index < -0.39 is 6.10 Å². The van der Waals surface area contributed by atoms with Gasteiger partial charge in [0, 0.05) is 24.2 Å². The predicted octanol–water partition coefficient (Wildman–Crippen LogP) is 0.939. The van der Waals surface area contributed by atoms with Gasteiger partial charge in [-0.2, -0.15) is 5.10 Å². The van der Waals surface area contributed by atoms with Gasteiger partial charge < -0.3 is 15.3 Å². The predicted molar refractivity (Wildman–Crippen MR) is 93.2 cm³/mol. The molecule has 0 aromatic carbocycles. The highest BCUT2D eigenvalue weighted by Gasteiger charge is 2.58. The molecule has 25 heavy (non-hydrogen) atoms. The van der Waals surface area contributed by atoms with Crippen molar-refractivity contribution in [3.8, 4) is 0 Å². The fourth-order valence-corrected chi connectivity index (χ4v) is 5.22. The number of carbonyl (C=O) groups excluding carboxylic acids is 1. The number of imidazole rings is 1. The van der Waals surface area contributed by atoms with Crippen molar-refractivity contribution in [1.82, 2.24) is 24.8 Å². The van der Waals surface area contributed by atoms with Crippen molar-refractivity contribution in [3.63, 3.8) is 0 Å². The van der Waals surface area contributed by atoms with E-state index >= 15 is 0 Å². The summed E-state index contributed by atoms with van der Waals surface area (Å²) in [5, 5.41) is 17.8. The molecule has 7 nitrogen and oxygen atoms in total. The summed E-state index contributed by atoms with van der Waals surface area (Å²) in [6.45, 7) is 5.44. The van der Waals surface area contributed by atoms with Crippen LogP contribution in [-0.4, -0.2) is 62.3 Å². The second-order valence-electron chi connectivity index (χ2n) is 7.96. The number of carbonyl (C=O) groups is 1. The minimum absolute atomic E-state index is 0.109. The van der Waals surface area contributed by atoms with Gasteiger partial charge in [-0.05, 0) is 37.9 Å². The van der Waals surface area contributed by atoms with Crippen LogP contribution < -0.4 is 5.32 Å². The fourth-order valence-electron chi connectivity index (χ4n) is 5.22. The topological polar surface area (TPSA) is 82.8 Å². The molecule has 3 heterocycles. The lowest BCUT2D eigenvalue weighted by Gasteiger charge is -2.57. The molecule has 1 aliphatic heterocycles. The third kappa shape index (κ3) is 2.53. The van der Waals surface area contributed by atoms with Crippen LogP contribution in [0.2, 0.25) is 0 Å². The molecule has 2 aromatic rings. The first-order chi connectivity index (χ1) is 11.9. The second kappa shape index (κ2) is 5.78. The molecule has 2 aliphatic rings. The smallest absolute Gasteiger partial charge is 0.271 e. The average molecular weight is 343 g/mol. The van der Waals surface area contributed by atoms with Crippen LogP contribution in [-0.2, 0) is 0 Å². The van der Waals surface area contributed by atoms with Gasteiger partial charge in [-0.3, -0.25) is 4.79 Å². The minimum atomic E-state index is -0.508. The Bertz CT molecular complexity index is 799. The van der Waals surface area contributed by atoms with Crippen molar-refractivity contribution in [3.05, 3.63) is 30.2 Å². The van der Waals surface area contributed by atoms with Crippen LogP contribution in [0.25, 0.3) is 5.65 Å². The van der Waals surface area contributed by atoms with Gasteiger partial charge in [-0.15, -0.1) is 0 Å². The molecule has 2 fully saturated rings. The normalized spacial score (nSPS) is 32.4. The van der Waals surface area contributed by atoms with Gasteiger partial charge in [0.2, 0.25) is 0 Å². The van der Waals surface area contributed by atoms with Gasteiger partial charge in [-0.25, -0.2) is 9.50 Å². The average Bonchev–Trinajstić information content (AvgIpc) is 3.09. The van der Waals surface area contributed by atoms with Crippen molar-refractivity contribution in [2.45, 2.75) is 44.9 Å². The number of hydrogen-bond donors (Lipinski definition) is 2. The summed E-state index contributed by atoms with van der Waals surface area (Å²) in [5.41, 5.74) is 1.14. The molecule has 7 heteroatoms. The highest BCUT2D eigenvalue weighted by molar-refractivity contribution is 5.93. The van der Waals surface area contributed by atoms with Crippen LogP contribution in [0.5, 0.6) is 0 Å². The van der Waals surface area contributed by atoms with Crippen LogP contribution >= 0.6 is 0 Å². The lowest BCUT2D eigenvalue weighted by molar-refractivity contribution is -0.0827. The number of aliphatic hydroxyl groups is 1. The van der Waals surface area contributed by atoms with E-state index in [9.17, 15) is 9.90 Å². The third-order valence-electron chi connectivity index (χ3n) is 5.83. The molecule has 134 valence electrons. The van der Waals surface area contributed by atoms with E-state index in [4.69, 9.17) is 0 Å². The summed E-state index contributed by atoms with van der Waals surface area (Å²) in [6, 6.07) is 3.83. The number of rotatable bonds is 3. The Hall–Kier alpha value is -1.99. The highest BCUT2D eigenvalue weighted by Crippen LogP contribution is 2.52. The first-order valence-electron chi connectivity index (χ1n) is 8.89. The number of aromatic nitrogens is 3. The molecule has 2 N–H and O–H groups in total. The standard InChI is InChI=1S/C18H25N5O2/c1-11(2)16-18(10-22(16)3)7-12(14(24)8-18)21-17(25)13-9-19-15-5-4-6-20-23(13)15/h4-6,9,11-12,14,16,24H,7-8,10H2,1-3H3,(H,21,25)/t12-,14-,16?,18?/m1/s1. The van der Waals surface area contributed by atoms with Crippen LogP contribution in [0, 0.1) is 11.3 Å². The largest absolute Gasteiger partial charge is 0.391 e. The molecule has 1 aliphatic carbocycles. The number of hydrogen-bond acceptors (Lipinski definition) is 5. The number of likely N-dealkylation sites (tertiary alicyclic amines) is 1. The van der Waals surface area contributed by atoms with Gasteiger partial charge >= 0.3 is 0 Å². The van der Waals surface area contributed by atoms with Gasteiger partial charge in [0.25, 0.3) is 5.91 Å². The molecular weight excluding hydrogens is 318 g/mol. The molecule has 1 amide bonds. The Morgan fingerprint density at radius 3 is 2.96 bits per heavy atom. The fraction of sp³-hybridized carbons (Fsp3) is 0.611. The summed E-state index contributed by atoms with van der Waals surface area (Å²) >= 11 is 0. The zero-order valence-electron chi connectivity index (χ0n) is 14.9. The molecule has 0 radical (unpaired) electrons. The van der Waals surface area contributed by atoms with Crippen LogP contribution in [0.3, 0.4) is 0 Å². The van der Waals surface area contributed by atoms with E-state index in [-0.39, 0.29) is 17.4 Å². The molecular formula is C18H25N5O2. The first kappa shape index (κ1) is 16.5. The summed E-state index contributed by atoms with van der Waals surface area (Å²) in [6.07, 6.45) is 4.21. The first-order valence-corrected chi connectivity index (χ1v) is 8.89. The zero-order valence-corrected chi connectivity index (χ0v) is 14.9. The van der Waals surface area contributed by atoms with Crippen molar-refractivity contribution < 1.29 is 9.90 Å². The monoisotopic (exact) mass is 343 g/mol. The van der Waals surface area contributed by atoms with Crippen molar-refractivity contribution in [1.29, 1.82) is 0 Å². The summed E-state index contributed by atoms with van der Waals surface area (Å²) in [7, 11) is 2.14. The van der Waals surface area contributed by atoms with Gasteiger partial charge in [0.15, 0.2) is 5.65 Å². The number of amides is 1. The van der Waals surface area contributed by atoms with E-state index in [0.717, 1.165) is 19.4 Å². The summed E-state index contributed by atoms with van der Waals surface area (Å²) in [4.78, 5) is 19.2. The van der Waals surface area contributed by atoms with E-state index in [1.165, 1.54) is 10.7 Å². The molecule has 2 unspecified atom stereocenters.